The quantitative estimate of drug-likeness (QED) is 0.667. The average Bonchev–Trinajstić information content (AvgIpc) is 2.56. The number of nitrogens with one attached hydrogen (secondary N) is 1. The summed E-state index contributed by atoms with van der Waals surface area (Å²) in [5.74, 6) is -4.76. The summed E-state index contributed by atoms with van der Waals surface area (Å²) in [6.07, 6.45) is 0.750. The number of carbonyl (C=O) groups is 1. The fourth-order valence-electron chi connectivity index (χ4n) is 0.987. The van der Waals surface area contributed by atoms with Crippen molar-refractivity contribution in [3.8, 4) is 0 Å². The molecule has 1 fully saturated rings. The maximum atomic E-state index is 12.4. The van der Waals surface area contributed by atoms with Gasteiger partial charge in [0, 0.05) is 6.42 Å². The maximum Gasteiger partial charge on any atom is 0.259 e. The van der Waals surface area contributed by atoms with Crippen molar-refractivity contribution in [2.75, 3.05) is 0 Å². The van der Waals surface area contributed by atoms with Crippen molar-refractivity contribution in [1.29, 1.82) is 0 Å². The molecule has 2 rings (SSSR count). The zero-order chi connectivity index (χ0) is 8.77. The molecule has 1 saturated carbocycles. The molecule has 1 aromatic rings. The Morgan fingerprint density at radius 1 is 1.75 bits per heavy atom. The lowest BCUT2D eigenvalue weighted by molar-refractivity contribution is 0.0749. The Labute approximate surface area is 66.0 Å². The first kappa shape index (κ1) is 7.33. The van der Waals surface area contributed by atoms with Gasteiger partial charge in [-0.3, -0.25) is 9.89 Å². The van der Waals surface area contributed by atoms with Crippen LogP contribution in [0.25, 0.3) is 0 Å². The number of ketones is 1. The molecule has 0 amide bonds. The van der Waals surface area contributed by atoms with Crippen LogP contribution in [0.3, 0.4) is 0 Å². The van der Waals surface area contributed by atoms with Gasteiger partial charge in [-0.15, -0.1) is 0 Å². The Morgan fingerprint density at radius 3 is 2.83 bits per heavy atom. The second kappa shape index (κ2) is 2.09. The Bertz CT molecular complexity index is 309. The standard InChI is InChI=1S/C6H5F2N3O/c7-6(8)1-3(6)4(12)5-9-2-10-11-5/h2-3H,1H2,(H,9,10,11)/t3-/m1/s1. The van der Waals surface area contributed by atoms with Crippen molar-refractivity contribution < 1.29 is 13.6 Å². The highest BCUT2D eigenvalue weighted by Crippen LogP contribution is 2.49. The number of alkyl halides is 2. The highest BCUT2D eigenvalue weighted by Gasteiger charge is 2.61. The van der Waals surface area contributed by atoms with Crippen LogP contribution in [0.1, 0.15) is 17.0 Å². The van der Waals surface area contributed by atoms with Crippen LogP contribution in [-0.4, -0.2) is 26.9 Å². The molecule has 1 heterocycles. The van der Waals surface area contributed by atoms with Gasteiger partial charge in [0.15, 0.2) is 5.82 Å². The third kappa shape index (κ3) is 0.992. The van der Waals surface area contributed by atoms with Gasteiger partial charge >= 0.3 is 0 Å². The average molecular weight is 173 g/mol. The molecule has 64 valence electrons. The number of nitrogens with zero attached hydrogens (tertiary/aromatic N) is 2. The van der Waals surface area contributed by atoms with Crippen LogP contribution < -0.4 is 0 Å². The minimum absolute atomic E-state index is 0.0859. The molecular weight excluding hydrogens is 168 g/mol. The van der Waals surface area contributed by atoms with E-state index in [1.807, 2.05) is 0 Å². The summed E-state index contributed by atoms with van der Waals surface area (Å²) in [6, 6.07) is 0. The number of H-pyrrole nitrogens is 1. The molecule has 0 aliphatic heterocycles. The second-order valence-electron chi connectivity index (χ2n) is 2.72. The van der Waals surface area contributed by atoms with Crippen LogP contribution in [0.5, 0.6) is 0 Å². The smallest absolute Gasteiger partial charge is 0.259 e. The number of aromatic amines is 1. The first-order valence-corrected chi connectivity index (χ1v) is 3.38. The van der Waals surface area contributed by atoms with Crippen molar-refractivity contribution in [3.63, 3.8) is 0 Å². The predicted octanol–water partition coefficient (Wildman–Crippen LogP) is 0.643. The Morgan fingerprint density at radius 2 is 2.42 bits per heavy atom. The lowest BCUT2D eigenvalue weighted by Gasteiger charge is -1.92. The molecule has 0 aromatic carbocycles. The highest BCUT2D eigenvalue weighted by atomic mass is 19.3. The molecule has 1 N–H and O–H groups in total. The molecule has 0 radical (unpaired) electrons. The molecule has 1 aliphatic carbocycles. The minimum Gasteiger partial charge on any atom is -0.290 e. The van der Waals surface area contributed by atoms with Crippen LogP contribution in [-0.2, 0) is 0 Å². The Balaban J connectivity index is 2.14. The van der Waals surface area contributed by atoms with E-state index in [9.17, 15) is 13.6 Å². The van der Waals surface area contributed by atoms with Gasteiger partial charge in [-0.2, -0.15) is 5.10 Å². The van der Waals surface area contributed by atoms with Gasteiger partial charge in [0.2, 0.25) is 5.78 Å². The first-order chi connectivity index (χ1) is 5.61. The molecule has 0 saturated heterocycles. The van der Waals surface area contributed by atoms with E-state index < -0.39 is 17.6 Å². The number of rotatable bonds is 2. The summed E-state index contributed by atoms with van der Waals surface area (Å²) in [7, 11) is 0. The normalized spacial score (nSPS) is 25.3. The number of halogens is 2. The summed E-state index contributed by atoms with van der Waals surface area (Å²) in [5.41, 5.74) is 0. The second-order valence-corrected chi connectivity index (χ2v) is 2.72. The van der Waals surface area contributed by atoms with Gasteiger partial charge in [-0.05, 0) is 0 Å². The molecule has 1 aliphatic rings. The van der Waals surface area contributed by atoms with E-state index in [2.05, 4.69) is 15.2 Å². The summed E-state index contributed by atoms with van der Waals surface area (Å²) in [6.45, 7) is 0. The maximum absolute atomic E-state index is 12.4. The van der Waals surface area contributed by atoms with E-state index in [-0.39, 0.29) is 12.2 Å². The molecule has 0 unspecified atom stereocenters. The molecule has 0 bridgehead atoms. The fraction of sp³-hybridized carbons (Fsp3) is 0.500. The van der Waals surface area contributed by atoms with Crippen molar-refractivity contribution in [2.45, 2.75) is 12.3 Å². The monoisotopic (exact) mass is 173 g/mol. The van der Waals surface area contributed by atoms with Crippen LogP contribution in [0.15, 0.2) is 6.33 Å². The van der Waals surface area contributed by atoms with Crippen molar-refractivity contribution in [2.24, 2.45) is 5.92 Å². The lowest BCUT2D eigenvalue weighted by atomic mass is 10.2. The van der Waals surface area contributed by atoms with Gasteiger partial charge in [0.25, 0.3) is 5.92 Å². The molecule has 0 spiro atoms. The molecule has 4 nitrogen and oxygen atoms in total. The highest BCUT2D eigenvalue weighted by molar-refractivity contribution is 5.97. The van der Waals surface area contributed by atoms with E-state index in [0.717, 1.165) is 6.33 Å². The van der Waals surface area contributed by atoms with Crippen LogP contribution in [0.4, 0.5) is 8.78 Å². The van der Waals surface area contributed by atoms with E-state index in [4.69, 9.17) is 0 Å². The molecule has 6 heteroatoms. The van der Waals surface area contributed by atoms with E-state index in [1.165, 1.54) is 0 Å². The van der Waals surface area contributed by atoms with E-state index in [0.29, 0.717) is 0 Å². The van der Waals surface area contributed by atoms with Gasteiger partial charge in [-0.25, -0.2) is 13.8 Å². The van der Waals surface area contributed by atoms with Crippen LogP contribution in [0, 0.1) is 5.92 Å². The zero-order valence-corrected chi connectivity index (χ0v) is 5.92. The topological polar surface area (TPSA) is 58.6 Å². The minimum atomic E-state index is -2.83. The van der Waals surface area contributed by atoms with Crippen molar-refractivity contribution in [3.05, 3.63) is 12.2 Å². The summed E-state index contributed by atoms with van der Waals surface area (Å²) < 4.78 is 24.7. The summed E-state index contributed by atoms with van der Waals surface area (Å²) >= 11 is 0. The Kier molecular flexibility index (Phi) is 1.27. The molecule has 1 aromatic heterocycles. The van der Waals surface area contributed by atoms with Gasteiger partial charge in [-0.1, -0.05) is 0 Å². The zero-order valence-electron chi connectivity index (χ0n) is 5.92. The SMILES string of the molecule is O=C(c1ncn[nH]1)[C@H]1CC1(F)F. The fourth-order valence-corrected chi connectivity index (χ4v) is 0.987. The summed E-state index contributed by atoms with van der Waals surface area (Å²) in [4.78, 5) is 14.6. The number of Topliss-reactive ketones (excluding diaryl/α,β-unsaturated/α-hetero) is 1. The van der Waals surface area contributed by atoms with Crippen molar-refractivity contribution in [1.82, 2.24) is 15.2 Å². The van der Waals surface area contributed by atoms with Crippen LogP contribution >= 0.6 is 0 Å². The predicted molar refractivity (Wildman–Crippen MR) is 33.8 cm³/mol. The van der Waals surface area contributed by atoms with Crippen LogP contribution in [0.2, 0.25) is 0 Å². The van der Waals surface area contributed by atoms with Gasteiger partial charge < -0.3 is 0 Å². The molecule has 12 heavy (non-hydrogen) atoms. The van der Waals surface area contributed by atoms with Gasteiger partial charge in [0.1, 0.15) is 6.33 Å². The Hall–Kier alpha value is -1.33. The largest absolute Gasteiger partial charge is 0.290 e. The third-order valence-corrected chi connectivity index (χ3v) is 1.79. The lowest BCUT2D eigenvalue weighted by Crippen LogP contribution is -2.09. The third-order valence-electron chi connectivity index (χ3n) is 1.79. The van der Waals surface area contributed by atoms with E-state index >= 15 is 0 Å². The first-order valence-electron chi connectivity index (χ1n) is 3.38. The van der Waals surface area contributed by atoms with Gasteiger partial charge in [0.05, 0.1) is 5.92 Å². The molecule has 1 atom stereocenters. The number of aromatic nitrogens is 3. The number of hydrogen-bond donors (Lipinski definition) is 1. The summed E-state index contributed by atoms with van der Waals surface area (Å²) in [5, 5.41) is 5.65. The number of carbonyl (C=O) groups excluding carboxylic acids is 1. The molecular formula is C6H5F2N3O. The van der Waals surface area contributed by atoms with Crippen molar-refractivity contribution >= 4 is 5.78 Å². The number of hydrogen-bond acceptors (Lipinski definition) is 3. The van der Waals surface area contributed by atoms with E-state index in [1.54, 1.807) is 0 Å².